The minimum atomic E-state index is -1.61. The summed E-state index contributed by atoms with van der Waals surface area (Å²) in [5.41, 5.74) is 0. The van der Waals surface area contributed by atoms with Crippen LogP contribution in [0, 0.1) is 5.92 Å². The molecule has 1 rings (SSSR count). The van der Waals surface area contributed by atoms with Gasteiger partial charge < -0.3 is 31.5 Å². The highest BCUT2D eigenvalue weighted by molar-refractivity contribution is 5.93. The molecule has 0 aliphatic carbocycles. The van der Waals surface area contributed by atoms with Crippen LogP contribution in [-0.2, 0) is 24.0 Å². The number of amides is 3. The van der Waals surface area contributed by atoms with Crippen molar-refractivity contribution in [1.82, 2.24) is 21.3 Å². The zero-order chi connectivity index (χ0) is 21.3. The molecule has 1 heterocycles. The van der Waals surface area contributed by atoms with Gasteiger partial charge >= 0.3 is 11.9 Å². The van der Waals surface area contributed by atoms with Crippen LogP contribution in [0.5, 0.6) is 0 Å². The second-order valence-electron chi connectivity index (χ2n) is 7.11. The van der Waals surface area contributed by atoms with Gasteiger partial charge in [-0.2, -0.15) is 0 Å². The predicted molar refractivity (Wildman–Crippen MR) is 97.2 cm³/mol. The second kappa shape index (κ2) is 11.2. The molecular formula is C17H28N4O7. The molecule has 1 aliphatic rings. The van der Waals surface area contributed by atoms with Crippen molar-refractivity contribution in [2.45, 2.75) is 57.7 Å². The molecule has 11 nitrogen and oxygen atoms in total. The molecule has 3 amide bonds. The van der Waals surface area contributed by atoms with Crippen LogP contribution in [-0.4, -0.2) is 71.1 Å². The van der Waals surface area contributed by atoms with Crippen LogP contribution in [0.4, 0.5) is 0 Å². The molecule has 11 heteroatoms. The van der Waals surface area contributed by atoms with Crippen molar-refractivity contribution in [2.24, 2.45) is 5.92 Å². The Balaban J connectivity index is 2.63. The molecule has 28 heavy (non-hydrogen) atoms. The Morgan fingerprint density at radius 3 is 2.25 bits per heavy atom. The number of rotatable bonds is 11. The fourth-order valence-electron chi connectivity index (χ4n) is 2.79. The Kier molecular flexibility index (Phi) is 9.36. The first-order valence-corrected chi connectivity index (χ1v) is 9.15. The van der Waals surface area contributed by atoms with E-state index in [0.717, 1.165) is 13.0 Å². The van der Waals surface area contributed by atoms with Crippen molar-refractivity contribution in [1.29, 1.82) is 0 Å². The van der Waals surface area contributed by atoms with Crippen LogP contribution >= 0.6 is 0 Å². The highest BCUT2D eigenvalue weighted by atomic mass is 16.4. The fraction of sp³-hybridized carbons (Fsp3) is 0.706. The third kappa shape index (κ3) is 8.33. The number of nitrogens with one attached hydrogen (secondary N) is 4. The first kappa shape index (κ1) is 23.3. The van der Waals surface area contributed by atoms with Crippen molar-refractivity contribution < 1.29 is 34.2 Å². The monoisotopic (exact) mass is 400 g/mol. The minimum absolute atomic E-state index is 0.00363. The molecule has 1 aliphatic heterocycles. The number of carboxylic acid groups (broad SMARTS) is 2. The summed E-state index contributed by atoms with van der Waals surface area (Å²) >= 11 is 0. The molecule has 0 saturated carbocycles. The summed E-state index contributed by atoms with van der Waals surface area (Å²) in [5, 5.41) is 27.9. The van der Waals surface area contributed by atoms with Gasteiger partial charge in [0.1, 0.15) is 12.1 Å². The molecule has 1 saturated heterocycles. The lowest BCUT2D eigenvalue weighted by atomic mass is 10.0. The first-order chi connectivity index (χ1) is 13.1. The van der Waals surface area contributed by atoms with E-state index in [1.807, 2.05) is 13.8 Å². The lowest BCUT2D eigenvalue weighted by molar-refractivity contribution is -0.147. The lowest BCUT2D eigenvalue weighted by Gasteiger charge is -2.22. The highest BCUT2D eigenvalue weighted by Crippen LogP contribution is 2.07. The molecule has 0 radical (unpaired) electrons. The van der Waals surface area contributed by atoms with Gasteiger partial charge in [0.2, 0.25) is 17.7 Å². The van der Waals surface area contributed by atoms with Gasteiger partial charge in [0.05, 0.1) is 19.0 Å². The van der Waals surface area contributed by atoms with Crippen molar-refractivity contribution in [3.63, 3.8) is 0 Å². The third-order valence-electron chi connectivity index (χ3n) is 4.15. The Labute approximate surface area is 162 Å². The molecule has 0 spiro atoms. The zero-order valence-electron chi connectivity index (χ0n) is 16.0. The fourth-order valence-corrected chi connectivity index (χ4v) is 2.79. The molecule has 6 N–H and O–H groups in total. The van der Waals surface area contributed by atoms with E-state index < -0.39 is 42.3 Å². The van der Waals surface area contributed by atoms with E-state index in [-0.39, 0.29) is 30.8 Å². The van der Waals surface area contributed by atoms with E-state index in [1.54, 1.807) is 0 Å². The molecule has 3 unspecified atom stereocenters. The first-order valence-electron chi connectivity index (χ1n) is 9.15. The van der Waals surface area contributed by atoms with Crippen molar-refractivity contribution in [2.75, 3.05) is 13.1 Å². The molecule has 1 fully saturated rings. The normalized spacial score (nSPS) is 18.2. The summed E-state index contributed by atoms with van der Waals surface area (Å²) in [6.45, 7) is 4.04. The van der Waals surface area contributed by atoms with E-state index in [4.69, 9.17) is 10.2 Å². The van der Waals surface area contributed by atoms with Gasteiger partial charge in [-0.05, 0) is 31.7 Å². The smallest absolute Gasteiger partial charge is 0.326 e. The van der Waals surface area contributed by atoms with Gasteiger partial charge in [0, 0.05) is 0 Å². The van der Waals surface area contributed by atoms with Crippen LogP contribution in [0.3, 0.4) is 0 Å². The van der Waals surface area contributed by atoms with E-state index in [1.165, 1.54) is 0 Å². The Hall–Kier alpha value is -2.69. The number of hydrogen-bond acceptors (Lipinski definition) is 6. The van der Waals surface area contributed by atoms with Gasteiger partial charge in [-0.1, -0.05) is 13.8 Å². The van der Waals surface area contributed by atoms with Crippen molar-refractivity contribution >= 4 is 29.7 Å². The average Bonchev–Trinajstić information content (AvgIpc) is 3.12. The number of aliphatic carboxylic acids is 2. The molecule has 0 aromatic rings. The summed E-state index contributed by atoms with van der Waals surface area (Å²) in [6.07, 6.45) is 0.997. The number of carbonyl (C=O) groups is 5. The zero-order valence-corrected chi connectivity index (χ0v) is 16.0. The average molecular weight is 400 g/mol. The van der Waals surface area contributed by atoms with Crippen LogP contribution in [0.15, 0.2) is 0 Å². The largest absolute Gasteiger partial charge is 0.481 e. The van der Waals surface area contributed by atoms with Crippen LogP contribution in [0.25, 0.3) is 0 Å². The summed E-state index contributed by atoms with van der Waals surface area (Å²) in [6, 6.07) is -3.00. The van der Waals surface area contributed by atoms with Crippen LogP contribution < -0.4 is 21.3 Å². The maximum Gasteiger partial charge on any atom is 0.326 e. The Bertz CT molecular complexity index is 602. The molecule has 3 atom stereocenters. The highest BCUT2D eigenvalue weighted by Gasteiger charge is 2.29. The summed E-state index contributed by atoms with van der Waals surface area (Å²) < 4.78 is 0. The van der Waals surface area contributed by atoms with Gasteiger partial charge in [0.25, 0.3) is 0 Å². The molecule has 0 aromatic carbocycles. The van der Waals surface area contributed by atoms with Crippen LogP contribution in [0.1, 0.15) is 39.5 Å². The van der Waals surface area contributed by atoms with Gasteiger partial charge in [-0.3, -0.25) is 19.2 Å². The number of carboxylic acids is 2. The minimum Gasteiger partial charge on any atom is -0.481 e. The van der Waals surface area contributed by atoms with E-state index in [2.05, 4.69) is 21.3 Å². The summed E-state index contributed by atoms with van der Waals surface area (Å²) in [4.78, 5) is 58.3. The van der Waals surface area contributed by atoms with Gasteiger partial charge in [0.15, 0.2) is 0 Å². The van der Waals surface area contributed by atoms with Crippen molar-refractivity contribution in [3.8, 4) is 0 Å². The number of hydrogen-bond donors (Lipinski definition) is 6. The number of carbonyl (C=O) groups excluding carboxylic acids is 3. The molecule has 158 valence electrons. The summed E-state index contributed by atoms with van der Waals surface area (Å²) in [7, 11) is 0. The third-order valence-corrected chi connectivity index (χ3v) is 4.15. The molecular weight excluding hydrogens is 372 g/mol. The maximum absolute atomic E-state index is 12.4. The molecule has 0 bridgehead atoms. The predicted octanol–water partition coefficient (Wildman–Crippen LogP) is -1.57. The topological polar surface area (TPSA) is 174 Å². The SMILES string of the molecule is CC(C)CC(NC(=O)CNC(=O)C1CCCN1)C(=O)NC(CC(=O)O)C(=O)O. The van der Waals surface area contributed by atoms with E-state index in [0.29, 0.717) is 6.42 Å². The van der Waals surface area contributed by atoms with Gasteiger partial charge in [-0.25, -0.2) is 4.79 Å². The Morgan fingerprint density at radius 1 is 1.07 bits per heavy atom. The Morgan fingerprint density at radius 2 is 1.75 bits per heavy atom. The lowest BCUT2D eigenvalue weighted by Crippen LogP contribution is -2.54. The van der Waals surface area contributed by atoms with Crippen molar-refractivity contribution in [3.05, 3.63) is 0 Å². The second-order valence-corrected chi connectivity index (χ2v) is 7.11. The van der Waals surface area contributed by atoms with Gasteiger partial charge in [-0.15, -0.1) is 0 Å². The maximum atomic E-state index is 12.4. The van der Waals surface area contributed by atoms with E-state index >= 15 is 0 Å². The molecule has 0 aromatic heterocycles. The quantitative estimate of drug-likeness (QED) is 0.241. The van der Waals surface area contributed by atoms with Crippen LogP contribution in [0.2, 0.25) is 0 Å². The van der Waals surface area contributed by atoms with E-state index in [9.17, 15) is 24.0 Å². The standard InChI is InChI=1S/C17H28N4O7/c1-9(2)6-11(16(26)21-12(17(27)28)7-14(23)24)20-13(22)8-19-15(25)10-4-3-5-18-10/h9-12,18H,3-8H2,1-2H3,(H,19,25)(H,20,22)(H,21,26)(H,23,24)(H,27,28). The summed E-state index contributed by atoms with van der Waals surface area (Å²) in [5.74, 6) is -4.56.